The second-order valence-corrected chi connectivity index (χ2v) is 8.03. The molecule has 1 aliphatic rings. The smallest absolute Gasteiger partial charge is 0.225 e. The Kier molecular flexibility index (Phi) is 5.05. The van der Waals surface area contributed by atoms with E-state index in [1.807, 2.05) is 11.8 Å². The first-order valence-corrected chi connectivity index (χ1v) is 9.03. The summed E-state index contributed by atoms with van der Waals surface area (Å²) >= 11 is 7.44. The first-order chi connectivity index (χ1) is 9.01. The van der Waals surface area contributed by atoms with Crippen LogP contribution >= 0.6 is 23.4 Å². The molecule has 1 aromatic rings. The van der Waals surface area contributed by atoms with Gasteiger partial charge in [-0.1, -0.05) is 6.92 Å². The van der Waals surface area contributed by atoms with Gasteiger partial charge in [0.25, 0.3) is 0 Å². The van der Waals surface area contributed by atoms with Crippen LogP contribution in [0.2, 0.25) is 5.28 Å². The van der Waals surface area contributed by atoms with Crippen molar-refractivity contribution >= 4 is 33.4 Å². The summed E-state index contributed by atoms with van der Waals surface area (Å²) in [4.78, 5) is 7.45. The summed E-state index contributed by atoms with van der Waals surface area (Å²) in [5, 5.41) is 0.596. The third-order valence-electron chi connectivity index (χ3n) is 3.02. The molecule has 1 saturated carbocycles. The molecule has 1 heterocycles. The van der Waals surface area contributed by atoms with E-state index in [4.69, 9.17) is 11.6 Å². The van der Waals surface area contributed by atoms with Gasteiger partial charge in [0.15, 0.2) is 0 Å². The van der Waals surface area contributed by atoms with Crippen LogP contribution in [0.25, 0.3) is 0 Å². The molecule has 2 rings (SSSR count). The van der Waals surface area contributed by atoms with Gasteiger partial charge in [0, 0.05) is 11.3 Å². The molecule has 5 nitrogen and oxygen atoms in total. The normalized spacial score (nSPS) is 23.7. The van der Waals surface area contributed by atoms with E-state index >= 15 is 0 Å². The van der Waals surface area contributed by atoms with Crippen molar-refractivity contribution in [3.8, 4) is 0 Å². The average Bonchev–Trinajstić information content (AvgIpc) is 2.77. The number of halogens is 1. The number of hydrogen-bond donors (Lipinski definition) is 1. The van der Waals surface area contributed by atoms with Gasteiger partial charge in [-0.15, -0.1) is 0 Å². The van der Waals surface area contributed by atoms with E-state index in [2.05, 4.69) is 21.6 Å². The molecule has 2 unspecified atom stereocenters. The minimum Gasteiger partial charge on any atom is -0.225 e. The summed E-state index contributed by atoms with van der Waals surface area (Å²) in [6, 6.07) is 0.00438. The second kappa shape index (κ2) is 6.39. The van der Waals surface area contributed by atoms with Crippen molar-refractivity contribution in [3.63, 3.8) is 0 Å². The fourth-order valence-corrected chi connectivity index (χ4v) is 4.57. The number of nitrogens with zero attached hydrogens (tertiary/aromatic N) is 2. The second-order valence-electron chi connectivity index (χ2n) is 4.40. The number of rotatable bonds is 5. The molecular formula is C11H16ClN3O2S2. The lowest BCUT2D eigenvalue weighted by Crippen LogP contribution is -2.33. The number of aromatic nitrogens is 2. The van der Waals surface area contributed by atoms with Gasteiger partial charge in [-0.25, -0.2) is 23.1 Å². The Labute approximate surface area is 122 Å². The summed E-state index contributed by atoms with van der Waals surface area (Å²) in [6.07, 6.45) is 5.27. The molecule has 0 aromatic carbocycles. The monoisotopic (exact) mass is 321 g/mol. The van der Waals surface area contributed by atoms with Gasteiger partial charge in [0.05, 0.1) is 12.4 Å². The minimum absolute atomic E-state index is 0.00438. The van der Waals surface area contributed by atoms with Gasteiger partial charge in [-0.2, -0.15) is 11.8 Å². The Hall–Kier alpha value is -0.370. The highest BCUT2D eigenvalue weighted by molar-refractivity contribution is 7.99. The molecule has 0 spiro atoms. The molecule has 1 aliphatic carbocycles. The van der Waals surface area contributed by atoms with E-state index in [1.165, 1.54) is 12.4 Å². The van der Waals surface area contributed by atoms with Gasteiger partial charge in [0.1, 0.15) is 4.90 Å². The summed E-state index contributed by atoms with van der Waals surface area (Å²) in [7, 11) is -3.54. The third kappa shape index (κ3) is 4.05. The van der Waals surface area contributed by atoms with E-state index in [1.54, 1.807) is 0 Å². The highest BCUT2D eigenvalue weighted by Crippen LogP contribution is 2.30. The first kappa shape index (κ1) is 15.0. The molecule has 8 heteroatoms. The first-order valence-electron chi connectivity index (χ1n) is 6.12. The Morgan fingerprint density at radius 3 is 2.74 bits per heavy atom. The van der Waals surface area contributed by atoms with E-state index in [-0.39, 0.29) is 16.2 Å². The molecule has 19 heavy (non-hydrogen) atoms. The van der Waals surface area contributed by atoms with Crippen molar-refractivity contribution < 1.29 is 8.42 Å². The van der Waals surface area contributed by atoms with E-state index in [0.717, 1.165) is 25.0 Å². The van der Waals surface area contributed by atoms with Crippen LogP contribution in [0.15, 0.2) is 17.3 Å². The van der Waals surface area contributed by atoms with E-state index < -0.39 is 10.0 Å². The molecule has 1 N–H and O–H groups in total. The molecule has 1 aromatic heterocycles. The summed E-state index contributed by atoms with van der Waals surface area (Å²) < 4.78 is 27.0. The third-order valence-corrected chi connectivity index (χ3v) is 5.92. The van der Waals surface area contributed by atoms with Gasteiger partial charge in [0.2, 0.25) is 15.3 Å². The Balaban J connectivity index is 2.00. The van der Waals surface area contributed by atoms with Crippen molar-refractivity contribution in [1.29, 1.82) is 0 Å². The summed E-state index contributed by atoms with van der Waals surface area (Å²) in [5.74, 6) is 1.06. The van der Waals surface area contributed by atoms with Gasteiger partial charge in [-0.05, 0) is 36.6 Å². The molecule has 2 atom stereocenters. The maximum Gasteiger partial charge on any atom is 0.243 e. The fraction of sp³-hybridized carbons (Fsp3) is 0.636. The largest absolute Gasteiger partial charge is 0.243 e. The number of sulfonamides is 1. The van der Waals surface area contributed by atoms with Gasteiger partial charge >= 0.3 is 0 Å². The highest BCUT2D eigenvalue weighted by Gasteiger charge is 2.28. The Morgan fingerprint density at radius 2 is 2.11 bits per heavy atom. The zero-order chi connectivity index (χ0) is 13.9. The zero-order valence-electron chi connectivity index (χ0n) is 10.5. The number of hydrogen-bond acceptors (Lipinski definition) is 5. The molecule has 0 radical (unpaired) electrons. The standard InChI is InChI=1S/C11H16ClN3O2S2/c1-2-18-9-4-3-8(5-9)15-19(16,17)10-6-13-11(12)14-7-10/h6-9,15H,2-5H2,1H3. The van der Waals surface area contributed by atoms with Gasteiger partial charge in [-0.3, -0.25) is 0 Å². The molecule has 106 valence electrons. The van der Waals surface area contributed by atoms with Crippen molar-refractivity contribution in [2.24, 2.45) is 0 Å². The quantitative estimate of drug-likeness (QED) is 0.841. The fourth-order valence-electron chi connectivity index (χ4n) is 2.16. The van der Waals surface area contributed by atoms with E-state index in [9.17, 15) is 8.42 Å². The van der Waals surface area contributed by atoms with Crippen LogP contribution in [0.5, 0.6) is 0 Å². The van der Waals surface area contributed by atoms with Crippen molar-refractivity contribution in [2.45, 2.75) is 42.4 Å². The van der Waals surface area contributed by atoms with Crippen LogP contribution in [0, 0.1) is 0 Å². The number of thioether (sulfide) groups is 1. The SMILES string of the molecule is CCSC1CCC(NS(=O)(=O)c2cnc(Cl)nc2)C1. The molecular weight excluding hydrogens is 306 g/mol. The van der Waals surface area contributed by atoms with Crippen LogP contribution in [-0.2, 0) is 10.0 Å². The van der Waals surface area contributed by atoms with Crippen LogP contribution < -0.4 is 4.72 Å². The minimum atomic E-state index is -3.54. The lowest BCUT2D eigenvalue weighted by atomic mass is 10.3. The Morgan fingerprint density at radius 1 is 1.42 bits per heavy atom. The van der Waals surface area contributed by atoms with Crippen molar-refractivity contribution in [3.05, 3.63) is 17.7 Å². The Bertz CT molecular complexity index is 521. The zero-order valence-corrected chi connectivity index (χ0v) is 12.9. The summed E-state index contributed by atoms with van der Waals surface area (Å²) in [6.45, 7) is 2.12. The van der Waals surface area contributed by atoms with Crippen LogP contribution in [0.1, 0.15) is 26.2 Å². The molecule has 0 saturated heterocycles. The molecule has 0 amide bonds. The summed E-state index contributed by atoms with van der Waals surface area (Å²) in [5.41, 5.74) is 0. The van der Waals surface area contributed by atoms with Crippen LogP contribution in [0.3, 0.4) is 0 Å². The lowest BCUT2D eigenvalue weighted by Gasteiger charge is -2.13. The van der Waals surface area contributed by atoms with Gasteiger partial charge < -0.3 is 0 Å². The maximum absolute atomic E-state index is 12.1. The highest BCUT2D eigenvalue weighted by atomic mass is 35.5. The topological polar surface area (TPSA) is 72.0 Å². The van der Waals surface area contributed by atoms with E-state index in [0.29, 0.717) is 5.25 Å². The van der Waals surface area contributed by atoms with Crippen LogP contribution in [-0.4, -0.2) is 35.4 Å². The maximum atomic E-state index is 12.1. The lowest BCUT2D eigenvalue weighted by molar-refractivity contribution is 0.552. The van der Waals surface area contributed by atoms with Crippen molar-refractivity contribution in [2.75, 3.05) is 5.75 Å². The predicted molar refractivity (Wildman–Crippen MR) is 76.9 cm³/mol. The molecule has 1 fully saturated rings. The predicted octanol–water partition coefficient (Wildman–Crippen LogP) is 2.08. The van der Waals surface area contributed by atoms with Crippen LogP contribution in [0.4, 0.5) is 0 Å². The number of nitrogens with one attached hydrogen (secondary N) is 1. The molecule has 0 bridgehead atoms. The van der Waals surface area contributed by atoms with Crippen molar-refractivity contribution in [1.82, 2.24) is 14.7 Å². The molecule has 0 aliphatic heterocycles. The average molecular weight is 322 g/mol.